The molecule has 0 aromatic carbocycles. The van der Waals surface area contributed by atoms with E-state index in [1.165, 1.54) is 18.9 Å². The Morgan fingerprint density at radius 2 is 1.94 bits per heavy atom. The first-order valence-electron chi connectivity index (χ1n) is 5.62. The lowest BCUT2D eigenvalue weighted by Crippen LogP contribution is -2.47. The third-order valence-electron chi connectivity index (χ3n) is 2.11. The lowest BCUT2D eigenvalue weighted by atomic mass is 10.3. The van der Waals surface area contributed by atoms with Crippen LogP contribution < -0.4 is 4.72 Å². The van der Waals surface area contributed by atoms with E-state index in [0.717, 1.165) is 0 Å². The van der Waals surface area contributed by atoms with E-state index < -0.39 is 22.2 Å². The standard InChI is InChI=1S/C10H22N2O4S/c1-5-6-17(15,16)11-9(3)10(14)12(4)7-8(2)13/h8-9,11,13H,5-7H2,1-4H3. The molecular weight excluding hydrogens is 244 g/mol. The van der Waals surface area contributed by atoms with Crippen LogP contribution in [0.25, 0.3) is 0 Å². The number of sulfonamides is 1. The zero-order valence-corrected chi connectivity index (χ0v) is 11.6. The zero-order valence-electron chi connectivity index (χ0n) is 10.8. The summed E-state index contributed by atoms with van der Waals surface area (Å²) in [5.41, 5.74) is 0. The third-order valence-corrected chi connectivity index (χ3v) is 3.77. The second-order valence-corrected chi connectivity index (χ2v) is 6.10. The monoisotopic (exact) mass is 266 g/mol. The van der Waals surface area contributed by atoms with Gasteiger partial charge in [0.15, 0.2) is 0 Å². The Labute approximate surface area is 103 Å². The molecule has 0 aliphatic heterocycles. The molecular formula is C10H22N2O4S. The average Bonchev–Trinajstić information content (AvgIpc) is 2.14. The lowest BCUT2D eigenvalue weighted by Gasteiger charge is -2.23. The van der Waals surface area contributed by atoms with Crippen LogP contribution in [0, 0.1) is 0 Å². The number of rotatable bonds is 7. The molecule has 0 fully saturated rings. The number of aliphatic hydroxyl groups excluding tert-OH is 1. The maximum atomic E-state index is 11.7. The molecule has 7 heteroatoms. The van der Waals surface area contributed by atoms with Gasteiger partial charge in [-0.05, 0) is 20.3 Å². The topological polar surface area (TPSA) is 86.7 Å². The Morgan fingerprint density at radius 1 is 1.41 bits per heavy atom. The molecule has 1 amide bonds. The van der Waals surface area contributed by atoms with E-state index in [9.17, 15) is 13.2 Å². The normalized spacial score (nSPS) is 15.4. The van der Waals surface area contributed by atoms with Gasteiger partial charge in [0.2, 0.25) is 15.9 Å². The van der Waals surface area contributed by atoms with Crippen LogP contribution in [0.4, 0.5) is 0 Å². The van der Waals surface area contributed by atoms with Gasteiger partial charge in [-0.3, -0.25) is 4.79 Å². The van der Waals surface area contributed by atoms with Gasteiger partial charge in [0.1, 0.15) is 0 Å². The van der Waals surface area contributed by atoms with Crippen molar-refractivity contribution in [3.05, 3.63) is 0 Å². The number of likely N-dealkylation sites (N-methyl/N-ethyl adjacent to an activating group) is 1. The van der Waals surface area contributed by atoms with Crippen molar-refractivity contribution >= 4 is 15.9 Å². The highest BCUT2D eigenvalue weighted by Gasteiger charge is 2.22. The second-order valence-electron chi connectivity index (χ2n) is 4.23. The molecule has 0 bridgehead atoms. The van der Waals surface area contributed by atoms with Gasteiger partial charge in [0.25, 0.3) is 0 Å². The van der Waals surface area contributed by atoms with E-state index in [2.05, 4.69) is 4.72 Å². The van der Waals surface area contributed by atoms with Crippen molar-refractivity contribution in [2.75, 3.05) is 19.3 Å². The molecule has 0 radical (unpaired) electrons. The maximum absolute atomic E-state index is 11.7. The summed E-state index contributed by atoms with van der Waals surface area (Å²) < 4.78 is 25.2. The minimum atomic E-state index is -3.40. The molecule has 0 saturated carbocycles. The van der Waals surface area contributed by atoms with E-state index in [1.807, 2.05) is 0 Å². The Hall–Kier alpha value is -0.660. The van der Waals surface area contributed by atoms with Gasteiger partial charge < -0.3 is 10.0 Å². The summed E-state index contributed by atoms with van der Waals surface area (Å²) in [4.78, 5) is 13.1. The third kappa shape index (κ3) is 6.60. The number of carbonyl (C=O) groups excluding carboxylic acids is 1. The summed E-state index contributed by atoms with van der Waals surface area (Å²) in [6.45, 7) is 4.99. The van der Waals surface area contributed by atoms with E-state index in [-0.39, 0.29) is 18.2 Å². The van der Waals surface area contributed by atoms with Crippen molar-refractivity contribution in [3.63, 3.8) is 0 Å². The van der Waals surface area contributed by atoms with Crippen LogP contribution in [0.5, 0.6) is 0 Å². The molecule has 0 saturated heterocycles. The lowest BCUT2D eigenvalue weighted by molar-refractivity contribution is -0.132. The van der Waals surface area contributed by atoms with Crippen molar-refractivity contribution in [3.8, 4) is 0 Å². The van der Waals surface area contributed by atoms with Gasteiger partial charge in [0, 0.05) is 13.6 Å². The highest BCUT2D eigenvalue weighted by molar-refractivity contribution is 7.89. The van der Waals surface area contributed by atoms with Crippen molar-refractivity contribution in [1.82, 2.24) is 9.62 Å². The summed E-state index contributed by atoms with van der Waals surface area (Å²) in [5.74, 6) is -0.351. The van der Waals surface area contributed by atoms with Gasteiger partial charge in [-0.15, -0.1) is 0 Å². The van der Waals surface area contributed by atoms with Gasteiger partial charge >= 0.3 is 0 Å². The number of hydrogen-bond donors (Lipinski definition) is 2. The molecule has 0 aliphatic carbocycles. The maximum Gasteiger partial charge on any atom is 0.240 e. The number of hydrogen-bond acceptors (Lipinski definition) is 4. The Balaban J connectivity index is 4.41. The van der Waals surface area contributed by atoms with Crippen molar-refractivity contribution < 1.29 is 18.3 Å². The van der Waals surface area contributed by atoms with E-state index in [0.29, 0.717) is 6.42 Å². The van der Waals surface area contributed by atoms with Crippen LogP contribution in [0.2, 0.25) is 0 Å². The Kier molecular flexibility index (Phi) is 6.66. The number of nitrogens with zero attached hydrogens (tertiary/aromatic N) is 1. The van der Waals surface area contributed by atoms with E-state index >= 15 is 0 Å². The average molecular weight is 266 g/mol. The number of amides is 1. The van der Waals surface area contributed by atoms with Crippen LogP contribution in [0.15, 0.2) is 0 Å². The van der Waals surface area contributed by atoms with Gasteiger partial charge in [0.05, 0.1) is 17.9 Å². The quantitative estimate of drug-likeness (QED) is 0.653. The largest absolute Gasteiger partial charge is 0.392 e. The molecule has 0 aliphatic rings. The SMILES string of the molecule is CCCS(=O)(=O)NC(C)C(=O)N(C)CC(C)O. The summed E-state index contributed by atoms with van der Waals surface area (Å²) in [6.07, 6.45) is -0.136. The number of nitrogens with one attached hydrogen (secondary N) is 1. The summed E-state index contributed by atoms with van der Waals surface area (Å²) in [6, 6.07) is -0.810. The van der Waals surface area contributed by atoms with Gasteiger partial charge in [-0.25, -0.2) is 13.1 Å². The molecule has 0 rings (SSSR count). The van der Waals surface area contributed by atoms with Crippen LogP contribution in [0.1, 0.15) is 27.2 Å². The fraction of sp³-hybridized carbons (Fsp3) is 0.900. The number of carbonyl (C=O) groups is 1. The second kappa shape index (κ2) is 6.93. The van der Waals surface area contributed by atoms with Crippen molar-refractivity contribution in [2.24, 2.45) is 0 Å². The summed E-state index contributed by atoms with van der Waals surface area (Å²) in [7, 11) is -1.87. The Morgan fingerprint density at radius 3 is 2.35 bits per heavy atom. The molecule has 0 aromatic rings. The molecule has 17 heavy (non-hydrogen) atoms. The van der Waals surface area contributed by atoms with Crippen LogP contribution >= 0.6 is 0 Å². The van der Waals surface area contributed by atoms with E-state index in [1.54, 1.807) is 13.8 Å². The van der Waals surface area contributed by atoms with E-state index in [4.69, 9.17) is 5.11 Å². The molecule has 6 nitrogen and oxygen atoms in total. The fourth-order valence-electron chi connectivity index (χ4n) is 1.46. The fourth-order valence-corrected chi connectivity index (χ4v) is 2.76. The molecule has 0 aromatic heterocycles. The van der Waals surface area contributed by atoms with Gasteiger partial charge in [-0.1, -0.05) is 6.92 Å². The first-order chi connectivity index (χ1) is 7.69. The molecule has 0 spiro atoms. The highest BCUT2D eigenvalue weighted by Crippen LogP contribution is 1.98. The van der Waals surface area contributed by atoms with Crippen molar-refractivity contribution in [1.29, 1.82) is 0 Å². The Bertz CT molecular complexity index is 340. The predicted octanol–water partition coefficient (Wildman–Crippen LogP) is -0.456. The van der Waals surface area contributed by atoms with Crippen LogP contribution in [-0.4, -0.2) is 55.8 Å². The highest BCUT2D eigenvalue weighted by atomic mass is 32.2. The molecule has 102 valence electrons. The van der Waals surface area contributed by atoms with Crippen LogP contribution in [0.3, 0.4) is 0 Å². The predicted molar refractivity (Wildman–Crippen MR) is 66.0 cm³/mol. The molecule has 2 atom stereocenters. The van der Waals surface area contributed by atoms with Crippen LogP contribution in [-0.2, 0) is 14.8 Å². The zero-order chi connectivity index (χ0) is 13.6. The first kappa shape index (κ1) is 16.3. The minimum Gasteiger partial charge on any atom is -0.392 e. The smallest absolute Gasteiger partial charge is 0.240 e. The summed E-state index contributed by atoms with van der Waals surface area (Å²) >= 11 is 0. The molecule has 2 N–H and O–H groups in total. The minimum absolute atomic E-state index is 0.00470. The molecule has 0 heterocycles. The summed E-state index contributed by atoms with van der Waals surface area (Å²) in [5, 5.41) is 9.14. The van der Waals surface area contributed by atoms with Gasteiger partial charge in [-0.2, -0.15) is 0 Å². The molecule has 2 unspecified atom stereocenters. The number of aliphatic hydroxyl groups is 1. The van der Waals surface area contributed by atoms with Crippen molar-refractivity contribution in [2.45, 2.75) is 39.3 Å². The first-order valence-corrected chi connectivity index (χ1v) is 7.28.